The summed E-state index contributed by atoms with van der Waals surface area (Å²) in [7, 11) is 1.77. The van der Waals surface area contributed by atoms with Gasteiger partial charge in [-0.15, -0.1) is 0 Å². The smallest absolute Gasteiger partial charge is 0.127 e. The number of aliphatic hydroxyl groups is 1. The maximum atomic E-state index is 10.2. The van der Waals surface area contributed by atoms with Crippen molar-refractivity contribution in [3.63, 3.8) is 0 Å². The summed E-state index contributed by atoms with van der Waals surface area (Å²) in [6.45, 7) is 0.771. The Bertz CT molecular complexity index is 622. The Balaban J connectivity index is 1.66. The van der Waals surface area contributed by atoms with Crippen molar-refractivity contribution in [3.8, 4) is 5.75 Å². The summed E-state index contributed by atoms with van der Waals surface area (Å²) in [6.07, 6.45) is 3.48. The van der Waals surface area contributed by atoms with Crippen LogP contribution in [0, 0.1) is 0 Å². The number of nitrogen functional groups attached to an aromatic ring is 1. The molecule has 1 unspecified atom stereocenters. The lowest BCUT2D eigenvalue weighted by molar-refractivity contribution is 0.168. The van der Waals surface area contributed by atoms with E-state index in [4.69, 9.17) is 10.5 Å². The molecule has 0 spiro atoms. The zero-order valence-corrected chi connectivity index (χ0v) is 11.5. The van der Waals surface area contributed by atoms with Gasteiger partial charge < -0.3 is 15.6 Å². The van der Waals surface area contributed by atoms with E-state index >= 15 is 0 Å². The quantitative estimate of drug-likeness (QED) is 0.887. The second-order valence-corrected chi connectivity index (χ2v) is 5.20. The Morgan fingerprint density at radius 1 is 1.50 bits per heavy atom. The first-order valence-corrected chi connectivity index (χ1v) is 6.85. The number of aliphatic hydroxyl groups excluding tert-OH is 1. The van der Waals surface area contributed by atoms with Crippen molar-refractivity contribution < 1.29 is 9.84 Å². The van der Waals surface area contributed by atoms with Gasteiger partial charge in [0.25, 0.3) is 0 Å². The molecule has 0 aliphatic carbocycles. The van der Waals surface area contributed by atoms with Gasteiger partial charge in [-0.3, -0.25) is 4.68 Å². The standard InChI is InChI=1S/C15H19N3O2/c1-18-15(16)12(9-17-18)13(19)4-2-10-3-5-14-11(8-10)6-7-20-14/h3,5,8-9,13,19H,2,4,6-7,16H2,1H3. The van der Waals surface area contributed by atoms with Crippen LogP contribution in [0.3, 0.4) is 0 Å². The number of rotatable bonds is 4. The Hall–Kier alpha value is -2.01. The monoisotopic (exact) mass is 273 g/mol. The summed E-state index contributed by atoms with van der Waals surface area (Å²) in [5, 5.41) is 14.3. The lowest BCUT2D eigenvalue weighted by Gasteiger charge is -2.10. The maximum Gasteiger partial charge on any atom is 0.127 e. The zero-order chi connectivity index (χ0) is 14.1. The second-order valence-electron chi connectivity index (χ2n) is 5.20. The first-order valence-electron chi connectivity index (χ1n) is 6.85. The average molecular weight is 273 g/mol. The molecule has 3 rings (SSSR count). The van der Waals surface area contributed by atoms with E-state index in [0.29, 0.717) is 17.8 Å². The number of nitrogens with two attached hydrogens (primary N) is 1. The van der Waals surface area contributed by atoms with E-state index < -0.39 is 6.10 Å². The highest BCUT2D eigenvalue weighted by Gasteiger charge is 2.16. The normalized spacial score (nSPS) is 14.9. The van der Waals surface area contributed by atoms with Crippen molar-refractivity contribution in [2.24, 2.45) is 7.05 Å². The molecule has 0 amide bonds. The van der Waals surface area contributed by atoms with E-state index in [1.165, 1.54) is 11.1 Å². The third-order valence-electron chi connectivity index (χ3n) is 3.83. The Labute approximate surface area is 118 Å². The van der Waals surface area contributed by atoms with Gasteiger partial charge in [0.2, 0.25) is 0 Å². The van der Waals surface area contributed by atoms with Crippen LogP contribution in [0.1, 0.15) is 29.2 Å². The van der Waals surface area contributed by atoms with E-state index in [9.17, 15) is 5.11 Å². The number of ether oxygens (including phenoxy) is 1. The number of hydrogen-bond acceptors (Lipinski definition) is 4. The van der Waals surface area contributed by atoms with Crippen LogP contribution in [0.2, 0.25) is 0 Å². The molecule has 1 aliphatic heterocycles. The highest BCUT2D eigenvalue weighted by atomic mass is 16.5. The van der Waals surface area contributed by atoms with Gasteiger partial charge in [-0.25, -0.2) is 0 Å². The molecule has 0 fully saturated rings. The molecule has 1 aromatic carbocycles. The Morgan fingerprint density at radius 3 is 3.10 bits per heavy atom. The third kappa shape index (κ3) is 2.36. The van der Waals surface area contributed by atoms with Crippen LogP contribution in [-0.4, -0.2) is 21.5 Å². The van der Waals surface area contributed by atoms with Gasteiger partial charge in [-0.05, 0) is 30.0 Å². The maximum absolute atomic E-state index is 10.2. The number of anilines is 1. The fourth-order valence-electron chi connectivity index (χ4n) is 2.58. The topological polar surface area (TPSA) is 73.3 Å². The molecule has 2 aromatic rings. The minimum Gasteiger partial charge on any atom is -0.493 e. The Morgan fingerprint density at radius 2 is 2.35 bits per heavy atom. The molecule has 3 N–H and O–H groups in total. The van der Waals surface area contributed by atoms with E-state index in [2.05, 4.69) is 17.2 Å². The molecule has 20 heavy (non-hydrogen) atoms. The van der Waals surface area contributed by atoms with Crippen LogP contribution in [0.25, 0.3) is 0 Å². The highest BCUT2D eigenvalue weighted by molar-refractivity contribution is 5.41. The summed E-state index contributed by atoms with van der Waals surface area (Å²) in [5.41, 5.74) is 9.06. The first-order chi connectivity index (χ1) is 9.65. The number of hydrogen-bond donors (Lipinski definition) is 2. The van der Waals surface area contributed by atoms with Crippen LogP contribution in [-0.2, 0) is 19.9 Å². The summed E-state index contributed by atoms with van der Waals surface area (Å²) in [4.78, 5) is 0. The fourth-order valence-corrected chi connectivity index (χ4v) is 2.58. The lowest BCUT2D eigenvalue weighted by Crippen LogP contribution is -2.04. The number of nitrogens with zero attached hydrogens (tertiary/aromatic N) is 2. The van der Waals surface area contributed by atoms with Gasteiger partial charge in [0, 0.05) is 19.0 Å². The van der Waals surface area contributed by atoms with Crippen molar-refractivity contribution in [1.29, 1.82) is 0 Å². The van der Waals surface area contributed by atoms with Gasteiger partial charge in [0.1, 0.15) is 11.6 Å². The third-order valence-corrected chi connectivity index (χ3v) is 3.83. The summed E-state index contributed by atoms with van der Waals surface area (Å²) in [5.74, 6) is 1.52. The van der Waals surface area contributed by atoms with Crippen molar-refractivity contribution in [2.75, 3.05) is 12.3 Å². The molecule has 0 radical (unpaired) electrons. The summed E-state index contributed by atoms with van der Waals surface area (Å²) in [6, 6.07) is 6.24. The number of aromatic nitrogens is 2. The van der Waals surface area contributed by atoms with Crippen LogP contribution < -0.4 is 10.5 Å². The zero-order valence-electron chi connectivity index (χ0n) is 11.5. The van der Waals surface area contributed by atoms with E-state index in [1.54, 1.807) is 17.9 Å². The van der Waals surface area contributed by atoms with Crippen molar-refractivity contribution in [3.05, 3.63) is 41.1 Å². The molecule has 0 saturated carbocycles. The predicted octanol–water partition coefficient (Wildman–Crippen LogP) is 1.60. The van der Waals surface area contributed by atoms with Gasteiger partial charge in [0.05, 0.1) is 18.9 Å². The van der Waals surface area contributed by atoms with Crippen LogP contribution in [0.15, 0.2) is 24.4 Å². The molecular weight excluding hydrogens is 254 g/mol. The minimum atomic E-state index is -0.576. The molecule has 5 heteroatoms. The number of aryl methyl sites for hydroxylation is 2. The summed E-state index contributed by atoms with van der Waals surface area (Å²) >= 11 is 0. The molecule has 2 heterocycles. The van der Waals surface area contributed by atoms with E-state index in [0.717, 1.165) is 25.2 Å². The van der Waals surface area contributed by atoms with Crippen molar-refractivity contribution in [1.82, 2.24) is 9.78 Å². The molecular formula is C15H19N3O2. The minimum absolute atomic E-state index is 0.528. The number of fused-ring (bicyclic) bond motifs is 1. The Kier molecular flexibility index (Phi) is 3.36. The van der Waals surface area contributed by atoms with Crippen molar-refractivity contribution in [2.45, 2.75) is 25.4 Å². The van der Waals surface area contributed by atoms with Gasteiger partial charge in [0.15, 0.2) is 0 Å². The predicted molar refractivity (Wildman–Crippen MR) is 76.5 cm³/mol. The molecule has 1 atom stereocenters. The van der Waals surface area contributed by atoms with Crippen molar-refractivity contribution >= 4 is 5.82 Å². The molecule has 5 nitrogen and oxygen atoms in total. The molecule has 106 valence electrons. The SMILES string of the molecule is Cn1ncc(C(O)CCc2ccc3c(c2)CCO3)c1N. The van der Waals surface area contributed by atoms with Gasteiger partial charge in [-0.1, -0.05) is 12.1 Å². The number of benzene rings is 1. The van der Waals surface area contributed by atoms with E-state index in [1.807, 2.05) is 6.07 Å². The molecule has 0 bridgehead atoms. The first kappa shape index (κ1) is 13.0. The highest BCUT2D eigenvalue weighted by Crippen LogP contribution is 2.28. The largest absolute Gasteiger partial charge is 0.493 e. The molecule has 1 aliphatic rings. The molecule has 1 aromatic heterocycles. The van der Waals surface area contributed by atoms with Crippen LogP contribution in [0.4, 0.5) is 5.82 Å². The molecule has 0 saturated heterocycles. The van der Waals surface area contributed by atoms with Gasteiger partial charge in [-0.2, -0.15) is 5.10 Å². The van der Waals surface area contributed by atoms with E-state index in [-0.39, 0.29) is 0 Å². The average Bonchev–Trinajstić information content (AvgIpc) is 3.03. The lowest BCUT2D eigenvalue weighted by atomic mass is 10.0. The van der Waals surface area contributed by atoms with Crippen LogP contribution in [0.5, 0.6) is 5.75 Å². The van der Waals surface area contributed by atoms with Gasteiger partial charge >= 0.3 is 0 Å². The second kappa shape index (κ2) is 5.17. The summed E-state index contributed by atoms with van der Waals surface area (Å²) < 4.78 is 7.06. The van der Waals surface area contributed by atoms with Crippen LogP contribution >= 0.6 is 0 Å². The fraction of sp³-hybridized carbons (Fsp3) is 0.400.